The molecule has 2 aromatic rings. The molecule has 0 radical (unpaired) electrons. The summed E-state index contributed by atoms with van der Waals surface area (Å²) >= 11 is 0. The molecule has 0 amide bonds. The van der Waals surface area contributed by atoms with E-state index < -0.39 is 17.6 Å². The molecule has 0 saturated carbocycles. The topological polar surface area (TPSA) is 99.8 Å². The third kappa shape index (κ3) is 4.60. The van der Waals surface area contributed by atoms with Crippen molar-refractivity contribution in [3.63, 3.8) is 0 Å². The first kappa shape index (κ1) is 19.0. The molecule has 1 heterocycles. The number of fused-ring (bicyclic) bond motifs is 1. The van der Waals surface area contributed by atoms with Gasteiger partial charge in [-0.15, -0.1) is 0 Å². The Kier molecular flexibility index (Phi) is 6.58. The molecule has 0 aliphatic rings. The van der Waals surface area contributed by atoms with Gasteiger partial charge in [0.05, 0.1) is 5.56 Å². The first-order valence-corrected chi connectivity index (χ1v) is 8.71. The Morgan fingerprint density at radius 3 is 2.68 bits per heavy atom. The molecule has 0 fully saturated rings. The van der Waals surface area contributed by atoms with Gasteiger partial charge in [0, 0.05) is 18.0 Å². The molecular formula is C19H25NO5. The van der Waals surface area contributed by atoms with Crippen molar-refractivity contribution < 1.29 is 19.4 Å². The Labute approximate surface area is 146 Å². The summed E-state index contributed by atoms with van der Waals surface area (Å²) in [5.41, 5.74) is 1.16. The Bertz CT molecular complexity index is 796. The highest BCUT2D eigenvalue weighted by atomic mass is 16.4. The predicted molar refractivity (Wildman–Crippen MR) is 95.9 cm³/mol. The molecule has 1 aromatic carbocycles. The van der Waals surface area contributed by atoms with Crippen molar-refractivity contribution >= 4 is 16.9 Å². The third-order valence-electron chi connectivity index (χ3n) is 4.28. The van der Waals surface area contributed by atoms with Gasteiger partial charge in [0.15, 0.2) is 0 Å². The van der Waals surface area contributed by atoms with Gasteiger partial charge in [-0.1, -0.05) is 26.7 Å². The zero-order valence-electron chi connectivity index (χ0n) is 14.7. The number of rotatable bonds is 9. The normalized spacial score (nSPS) is 12.4. The minimum Gasteiger partial charge on any atom is -0.507 e. The average Bonchev–Trinajstić information content (AvgIpc) is 2.57. The van der Waals surface area contributed by atoms with Gasteiger partial charge in [0.1, 0.15) is 17.4 Å². The van der Waals surface area contributed by atoms with Crippen LogP contribution in [0.2, 0.25) is 0 Å². The second-order valence-corrected chi connectivity index (χ2v) is 6.19. The Balaban J connectivity index is 2.41. The van der Waals surface area contributed by atoms with Gasteiger partial charge in [-0.05, 0) is 37.0 Å². The first-order chi connectivity index (χ1) is 12.0. The molecule has 0 unspecified atom stereocenters. The van der Waals surface area contributed by atoms with Crippen molar-refractivity contribution in [1.29, 1.82) is 0 Å². The molecule has 2 rings (SSSR count). The number of aryl methyl sites for hydroxylation is 1. The van der Waals surface area contributed by atoms with Crippen molar-refractivity contribution in [1.82, 2.24) is 5.32 Å². The van der Waals surface area contributed by atoms with Crippen LogP contribution in [0.3, 0.4) is 0 Å². The molecular weight excluding hydrogens is 322 g/mol. The maximum Gasteiger partial charge on any atom is 0.336 e. The lowest BCUT2D eigenvalue weighted by atomic mass is 10.0. The molecule has 6 heteroatoms. The summed E-state index contributed by atoms with van der Waals surface area (Å²) in [6.07, 6.45) is 3.91. The molecule has 1 atom stereocenters. The van der Waals surface area contributed by atoms with Crippen molar-refractivity contribution in [2.45, 2.75) is 58.5 Å². The number of benzene rings is 1. The molecule has 3 N–H and O–H groups in total. The van der Waals surface area contributed by atoms with Crippen molar-refractivity contribution in [2.75, 3.05) is 0 Å². The standard InChI is InChI=1S/C19H25NO5/c1-3-5-7-12-10-17(22)25-18-13(12)8-9-16(21)14(18)11-20-15(6-4-2)19(23)24/h8-10,15,20-21H,3-7,11H2,1-2H3,(H,23,24)/t15-/m1/s1. The summed E-state index contributed by atoms with van der Waals surface area (Å²) in [4.78, 5) is 23.2. The van der Waals surface area contributed by atoms with Gasteiger partial charge in [0.2, 0.25) is 0 Å². The quantitative estimate of drug-likeness (QED) is 0.603. The zero-order valence-corrected chi connectivity index (χ0v) is 14.7. The van der Waals surface area contributed by atoms with Gasteiger partial charge >= 0.3 is 11.6 Å². The van der Waals surface area contributed by atoms with E-state index in [0.29, 0.717) is 17.6 Å². The average molecular weight is 347 g/mol. The molecule has 0 aliphatic carbocycles. The van der Waals surface area contributed by atoms with Crippen LogP contribution in [0.15, 0.2) is 27.4 Å². The second kappa shape index (κ2) is 8.67. The maximum absolute atomic E-state index is 11.9. The van der Waals surface area contributed by atoms with Gasteiger partial charge in [0.25, 0.3) is 0 Å². The zero-order chi connectivity index (χ0) is 18.4. The number of carboxylic acid groups (broad SMARTS) is 1. The highest BCUT2D eigenvalue weighted by Crippen LogP contribution is 2.29. The van der Waals surface area contributed by atoms with E-state index >= 15 is 0 Å². The Hall–Kier alpha value is -2.34. The number of phenolic OH excluding ortho intramolecular Hbond substituents is 1. The number of phenols is 1. The van der Waals surface area contributed by atoms with E-state index in [1.165, 1.54) is 6.07 Å². The molecule has 0 bridgehead atoms. The third-order valence-corrected chi connectivity index (χ3v) is 4.28. The summed E-state index contributed by atoms with van der Waals surface area (Å²) in [5, 5.41) is 23.2. The van der Waals surface area contributed by atoms with E-state index in [4.69, 9.17) is 4.42 Å². The molecule has 136 valence electrons. The van der Waals surface area contributed by atoms with Gasteiger partial charge in [-0.25, -0.2) is 4.79 Å². The number of carbonyl (C=O) groups is 1. The van der Waals surface area contributed by atoms with Crippen molar-refractivity contribution in [3.05, 3.63) is 39.7 Å². The lowest BCUT2D eigenvalue weighted by molar-refractivity contribution is -0.139. The summed E-state index contributed by atoms with van der Waals surface area (Å²) < 4.78 is 5.34. The van der Waals surface area contributed by atoms with E-state index in [1.807, 2.05) is 6.92 Å². The molecule has 0 spiro atoms. The van der Waals surface area contributed by atoms with Crippen LogP contribution >= 0.6 is 0 Å². The van der Waals surface area contributed by atoms with E-state index in [9.17, 15) is 19.8 Å². The predicted octanol–water partition coefficient (Wildman–Crippen LogP) is 3.18. The SMILES string of the molecule is CCCCc1cc(=O)oc2c(CN[C@H](CCC)C(=O)O)c(O)ccc12. The van der Waals surface area contributed by atoms with Crippen LogP contribution in [0.1, 0.15) is 50.7 Å². The van der Waals surface area contributed by atoms with Gasteiger partial charge < -0.3 is 19.9 Å². The van der Waals surface area contributed by atoms with E-state index in [1.54, 1.807) is 12.1 Å². The first-order valence-electron chi connectivity index (χ1n) is 8.71. The monoisotopic (exact) mass is 347 g/mol. The van der Waals surface area contributed by atoms with Crippen molar-refractivity contribution in [3.8, 4) is 5.75 Å². The summed E-state index contributed by atoms with van der Waals surface area (Å²) in [6.45, 7) is 4.10. The lowest BCUT2D eigenvalue weighted by Crippen LogP contribution is -2.36. The minimum atomic E-state index is -0.938. The smallest absolute Gasteiger partial charge is 0.336 e. The van der Waals surface area contributed by atoms with Gasteiger partial charge in [-0.3, -0.25) is 4.79 Å². The summed E-state index contributed by atoms with van der Waals surface area (Å²) in [7, 11) is 0. The number of hydrogen-bond acceptors (Lipinski definition) is 5. The van der Waals surface area contributed by atoms with E-state index in [2.05, 4.69) is 12.2 Å². The van der Waals surface area contributed by atoms with Crippen LogP contribution in [-0.2, 0) is 17.8 Å². The van der Waals surface area contributed by atoms with Crippen molar-refractivity contribution in [2.24, 2.45) is 0 Å². The number of hydrogen-bond donors (Lipinski definition) is 3. The highest BCUT2D eigenvalue weighted by Gasteiger charge is 2.19. The number of aromatic hydroxyl groups is 1. The minimum absolute atomic E-state index is 0.0172. The number of unbranched alkanes of at least 4 members (excludes halogenated alkanes) is 1. The molecule has 0 aliphatic heterocycles. The van der Waals surface area contributed by atoms with Crippen LogP contribution < -0.4 is 10.9 Å². The van der Waals surface area contributed by atoms with Crippen LogP contribution in [-0.4, -0.2) is 22.2 Å². The van der Waals surface area contributed by atoms with E-state index in [0.717, 1.165) is 36.6 Å². The summed E-state index contributed by atoms with van der Waals surface area (Å²) in [6, 6.07) is 4.07. The lowest BCUT2D eigenvalue weighted by Gasteiger charge is -2.15. The number of carboxylic acids is 1. The Morgan fingerprint density at radius 1 is 1.28 bits per heavy atom. The number of aliphatic carboxylic acids is 1. The second-order valence-electron chi connectivity index (χ2n) is 6.19. The van der Waals surface area contributed by atoms with Crippen LogP contribution in [0.5, 0.6) is 5.75 Å². The fraction of sp³-hybridized carbons (Fsp3) is 0.474. The largest absolute Gasteiger partial charge is 0.507 e. The van der Waals surface area contributed by atoms with E-state index in [-0.39, 0.29) is 12.3 Å². The highest BCUT2D eigenvalue weighted by molar-refractivity contribution is 5.85. The van der Waals surface area contributed by atoms with Crippen LogP contribution in [0, 0.1) is 0 Å². The fourth-order valence-corrected chi connectivity index (χ4v) is 2.91. The molecule has 0 saturated heterocycles. The maximum atomic E-state index is 11.9. The van der Waals surface area contributed by atoms with Crippen LogP contribution in [0.25, 0.3) is 11.0 Å². The number of nitrogens with one attached hydrogen (secondary N) is 1. The molecule has 6 nitrogen and oxygen atoms in total. The summed E-state index contributed by atoms with van der Waals surface area (Å²) in [5.74, 6) is -0.955. The Morgan fingerprint density at radius 2 is 2.04 bits per heavy atom. The van der Waals surface area contributed by atoms with Crippen LogP contribution in [0.4, 0.5) is 0 Å². The van der Waals surface area contributed by atoms with Gasteiger partial charge in [-0.2, -0.15) is 0 Å². The molecule has 25 heavy (non-hydrogen) atoms. The fourth-order valence-electron chi connectivity index (χ4n) is 2.91. The molecule has 1 aromatic heterocycles.